The van der Waals surface area contributed by atoms with Crippen LogP contribution in [0.4, 0.5) is 8.78 Å². The maximum Gasteiger partial charge on any atom is 0.248 e. The van der Waals surface area contributed by atoms with Crippen LogP contribution >= 0.6 is 11.3 Å². The molecular formula is C12H18F2N2S. The van der Waals surface area contributed by atoms with Crippen molar-refractivity contribution in [3.8, 4) is 0 Å². The highest BCUT2D eigenvalue weighted by atomic mass is 32.1. The highest BCUT2D eigenvalue weighted by Gasteiger charge is 2.37. The maximum atomic E-state index is 13.3. The molecule has 17 heavy (non-hydrogen) atoms. The van der Waals surface area contributed by atoms with Gasteiger partial charge in [0.1, 0.15) is 0 Å². The zero-order valence-electron chi connectivity index (χ0n) is 10.0. The van der Waals surface area contributed by atoms with Crippen LogP contribution in [-0.4, -0.2) is 17.5 Å². The lowest BCUT2D eigenvalue weighted by atomic mass is 9.87. The van der Waals surface area contributed by atoms with Gasteiger partial charge in [-0.2, -0.15) is 0 Å². The first-order chi connectivity index (χ1) is 8.11. The van der Waals surface area contributed by atoms with Crippen molar-refractivity contribution in [2.45, 2.75) is 51.0 Å². The summed E-state index contributed by atoms with van der Waals surface area (Å²) in [6.07, 6.45) is 3.29. The summed E-state index contributed by atoms with van der Waals surface area (Å²) in [4.78, 5) is 5.44. The normalized spacial score (nSPS) is 23.8. The molecule has 0 amide bonds. The third kappa shape index (κ3) is 3.45. The van der Waals surface area contributed by atoms with Crippen molar-refractivity contribution >= 4 is 11.3 Å². The summed E-state index contributed by atoms with van der Waals surface area (Å²) in [6.45, 7) is 3.75. The second kappa shape index (κ2) is 5.40. The third-order valence-electron chi connectivity index (χ3n) is 3.11. The summed E-state index contributed by atoms with van der Waals surface area (Å²) in [5, 5.41) is 4.11. The van der Waals surface area contributed by atoms with E-state index in [-0.39, 0.29) is 18.8 Å². The van der Waals surface area contributed by atoms with Crippen LogP contribution in [0.5, 0.6) is 0 Å². The van der Waals surface area contributed by atoms with Crippen LogP contribution in [0.2, 0.25) is 0 Å². The summed E-state index contributed by atoms with van der Waals surface area (Å²) < 4.78 is 26.6. The molecule has 96 valence electrons. The van der Waals surface area contributed by atoms with E-state index in [1.807, 2.05) is 13.1 Å². The van der Waals surface area contributed by atoms with Crippen molar-refractivity contribution in [3.63, 3.8) is 0 Å². The van der Waals surface area contributed by atoms with Crippen molar-refractivity contribution < 1.29 is 8.78 Å². The fourth-order valence-electron chi connectivity index (χ4n) is 2.22. The van der Waals surface area contributed by atoms with Gasteiger partial charge < -0.3 is 5.32 Å². The lowest BCUT2D eigenvalue weighted by Crippen LogP contribution is -2.24. The molecule has 1 heterocycles. The van der Waals surface area contributed by atoms with E-state index in [0.29, 0.717) is 6.42 Å². The highest BCUT2D eigenvalue weighted by Crippen LogP contribution is 2.42. The van der Waals surface area contributed by atoms with Crippen LogP contribution in [0.1, 0.15) is 48.4 Å². The Morgan fingerprint density at radius 1 is 1.59 bits per heavy atom. The van der Waals surface area contributed by atoms with Gasteiger partial charge in [-0.15, -0.1) is 11.3 Å². The summed E-state index contributed by atoms with van der Waals surface area (Å²) in [6, 6.07) is 0. The predicted octanol–water partition coefficient (Wildman–Crippen LogP) is 3.55. The smallest absolute Gasteiger partial charge is 0.248 e. The van der Waals surface area contributed by atoms with Crippen molar-refractivity contribution in [3.05, 3.63) is 16.1 Å². The summed E-state index contributed by atoms with van der Waals surface area (Å²) in [5.74, 6) is -2.53. The van der Waals surface area contributed by atoms with Crippen LogP contribution in [0.15, 0.2) is 6.20 Å². The molecule has 1 fully saturated rings. The molecule has 0 saturated heterocycles. The monoisotopic (exact) mass is 260 g/mol. The van der Waals surface area contributed by atoms with Crippen LogP contribution < -0.4 is 5.32 Å². The van der Waals surface area contributed by atoms with Gasteiger partial charge in [0.15, 0.2) is 0 Å². The molecule has 1 saturated carbocycles. The van der Waals surface area contributed by atoms with E-state index >= 15 is 0 Å². The van der Waals surface area contributed by atoms with E-state index in [0.717, 1.165) is 29.4 Å². The van der Waals surface area contributed by atoms with Gasteiger partial charge >= 0.3 is 0 Å². The zero-order valence-corrected chi connectivity index (χ0v) is 10.8. The van der Waals surface area contributed by atoms with Gasteiger partial charge in [0.25, 0.3) is 0 Å². The van der Waals surface area contributed by atoms with Gasteiger partial charge in [0, 0.05) is 36.4 Å². The molecule has 0 aliphatic heterocycles. The average molecular weight is 260 g/mol. The number of halogens is 2. The molecular weight excluding hydrogens is 242 g/mol. The van der Waals surface area contributed by atoms with E-state index in [1.165, 1.54) is 0 Å². The lowest BCUT2D eigenvalue weighted by molar-refractivity contribution is -0.0408. The molecule has 1 aliphatic carbocycles. The highest BCUT2D eigenvalue weighted by molar-refractivity contribution is 7.11. The molecule has 1 aliphatic rings. The average Bonchev–Trinajstić information content (AvgIpc) is 2.73. The van der Waals surface area contributed by atoms with Crippen molar-refractivity contribution in [1.29, 1.82) is 0 Å². The molecule has 1 unspecified atom stereocenters. The Hall–Kier alpha value is -0.550. The molecule has 0 aromatic carbocycles. The van der Waals surface area contributed by atoms with E-state index in [2.05, 4.69) is 10.3 Å². The van der Waals surface area contributed by atoms with Gasteiger partial charge in [-0.05, 0) is 19.4 Å². The lowest BCUT2D eigenvalue weighted by Gasteiger charge is -2.27. The standard InChI is InChI=1S/C12H18F2N2S/c1-2-15-7-10-8-16-11(17-10)9-4-3-5-12(13,14)6-9/h8-9,15H,2-7H2,1H3. The predicted molar refractivity (Wildman–Crippen MR) is 65.7 cm³/mol. The van der Waals surface area contributed by atoms with Crippen molar-refractivity contribution in [2.75, 3.05) is 6.54 Å². The first-order valence-electron chi connectivity index (χ1n) is 6.14. The Morgan fingerprint density at radius 3 is 3.12 bits per heavy atom. The minimum atomic E-state index is -2.49. The summed E-state index contributed by atoms with van der Waals surface area (Å²) in [7, 11) is 0. The van der Waals surface area contributed by atoms with Crippen molar-refractivity contribution in [1.82, 2.24) is 10.3 Å². The molecule has 1 aromatic heterocycles. The minimum Gasteiger partial charge on any atom is -0.312 e. The number of thiazole rings is 1. The Balaban J connectivity index is 1.99. The van der Waals surface area contributed by atoms with Crippen LogP contribution in [0.25, 0.3) is 0 Å². The number of nitrogens with zero attached hydrogens (tertiary/aromatic N) is 1. The molecule has 2 rings (SSSR count). The zero-order chi connectivity index (χ0) is 12.3. The topological polar surface area (TPSA) is 24.9 Å². The summed E-state index contributed by atoms with van der Waals surface area (Å²) in [5.41, 5.74) is 0. The Kier molecular flexibility index (Phi) is 4.09. The van der Waals surface area contributed by atoms with E-state index in [1.54, 1.807) is 11.3 Å². The third-order valence-corrected chi connectivity index (χ3v) is 4.27. The van der Waals surface area contributed by atoms with E-state index < -0.39 is 5.92 Å². The molecule has 5 heteroatoms. The minimum absolute atomic E-state index is 0.0266. The van der Waals surface area contributed by atoms with Crippen LogP contribution in [0.3, 0.4) is 0 Å². The van der Waals surface area contributed by atoms with Crippen LogP contribution in [-0.2, 0) is 6.54 Å². The molecule has 2 nitrogen and oxygen atoms in total. The van der Waals surface area contributed by atoms with Crippen LogP contribution in [0, 0.1) is 0 Å². The fourth-order valence-corrected chi connectivity index (χ4v) is 3.25. The number of nitrogens with one attached hydrogen (secondary N) is 1. The van der Waals surface area contributed by atoms with Gasteiger partial charge in [-0.3, -0.25) is 0 Å². The Bertz CT molecular complexity index is 365. The number of aromatic nitrogens is 1. The number of rotatable bonds is 4. The van der Waals surface area contributed by atoms with E-state index in [4.69, 9.17) is 0 Å². The maximum absolute atomic E-state index is 13.3. The molecule has 1 aromatic rings. The molecule has 0 bridgehead atoms. The Labute approximate surface area is 104 Å². The molecule has 1 atom stereocenters. The van der Waals surface area contributed by atoms with E-state index in [9.17, 15) is 8.78 Å². The first-order valence-corrected chi connectivity index (χ1v) is 6.95. The number of hydrogen-bond donors (Lipinski definition) is 1. The van der Waals surface area contributed by atoms with Crippen molar-refractivity contribution in [2.24, 2.45) is 0 Å². The number of hydrogen-bond acceptors (Lipinski definition) is 3. The van der Waals surface area contributed by atoms with Gasteiger partial charge in [-0.1, -0.05) is 6.92 Å². The Morgan fingerprint density at radius 2 is 2.41 bits per heavy atom. The molecule has 0 spiro atoms. The van der Waals surface area contributed by atoms with Gasteiger partial charge in [0.2, 0.25) is 5.92 Å². The quantitative estimate of drug-likeness (QED) is 0.895. The van der Waals surface area contributed by atoms with Gasteiger partial charge in [-0.25, -0.2) is 13.8 Å². The molecule has 0 radical (unpaired) electrons. The second-order valence-electron chi connectivity index (χ2n) is 4.59. The first kappa shape index (κ1) is 12.9. The SMILES string of the molecule is CCNCc1cnc(C2CCCC(F)(F)C2)s1. The molecule has 1 N–H and O–H groups in total. The largest absolute Gasteiger partial charge is 0.312 e. The second-order valence-corrected chi connectivity index (χ2v) is 5.74. The van der Waals surface area contributed by atoms with Gasteiger partial charge in [0.05, 0.1) is 5.01 Å². The number of alkyl halides is 2. The fraction of sp³-hybridized carbons (Fsp3) is 0.750. The summed E-state index contributed by atoms with van der Waals surface area (Å²) >= 11 is 1.57.